The van der Waals surface area contributed by atoms with Gasteiger partial charge in [0.15, 0.2) is 0 Å². The third-order valence-corrected chi connectivity index (χ3v) is 3.32. The van der Waals surface area contributed by atoms with Gasteiger partial charge in [0, 0.05) is 12.6 Å². The molecule has 0 saturated heterocycles. The topological polar surface area (TPSA) is 64.7 Å². The van der Waals surface area contributed by atoms with Crippen molar-refractivity contribution >= 4 is 0 Å². The van der Waals surface area contributed by atoms with Gasteiger partial charge in [-0.05, 0) is 37.0 Å². The maximum absolute atomic E-state index is 9.22. The van der Waals surface area contributed by atoms with E-state index in [1.54, 1.807) is 7.11 Å². The van der Waals surface area contributed by atoms with Gasteiger partial charge in [-0.25, -0.2) is 0 Å². The zero-order chi connectivity index (χ0) is 14.1. The molecule has 0 aliphatic rings. The molecule has 1 unspecified atom stereocenters. The first-order chi connectivity index (χ1) is 9.13. The lowest BCUT2D eigenvalue weighted by molar-refractivity contribution is 0.171. The molecule has 1 rings (SSSR count). The van der Waals surface area contributed by atoms with Gasteiger partial charge in [0.25, 0.3) is 0 Å². The average Bonchev–Trinajstić information content (AvgIpc) is 2.44. The molecule has 3 N–H and O–H groups in total. The van der Waals surface area contributed by atoms with Crippen molar-refractivity contribution in [1.29, 1.82) is 0 Å². The zero-order valence-electron chi connectivity index (χ0n) is 11.9. The monoisotopic (exact) mass is 267 g/mol. The molecule has 0 aliphatic heterocycles. The molecular formula is C15H25NO3. The van der Waals surface area contributed by atoms with Crippen molar-refractivity contribution in [3.05, 3.63) is 29.8 Å². The molecule has 0 heterocycles. The van der Waals surface area contributed by atoms with Gasteiger partial charge in [-0.1, -0.05) is 19.1 Å². The lowest BCUT2D eigenvalue weighted by Crippen LogP contribution is -2.43. The Labute approximate surface area is 115 Å². The molecular weight excluding hydrogens is 242 g/mol. The van der Waals surface area contributed by atoms with Gasteiger partial charge >= 0.3 is 0 Å². The van der Waals surface area contributed by atoms with Gasteiger partial charge in [-0.3, -0.25) is 0 Å². The first kappa shape index (κ1) is 16.0. The largest absolute Gasteiger partial charge is 0.494 e. The van der Waals surface area contributed by atoms with Crippen molar-refractivity contribution in [2.45, 2.75) is 38.3 Å². The van der Waals surface area contributed by atoms with E-state index in [-0.39, 0.29) is 6.61 Å². The molecule has 0 amide bonds. The fraction of sp³-hybridized carbons (Fsp3) is 0.600. The Morgan fingerprint density at radius 1 is 1.37 bits per heavy atom. The molecule has 1 aromatic rings. The predicted molar refractivity (Wildman–Crippen MR) is 76.2 cm³/mol. The molecule has 0 bridgehead atoms. The smallest absolute Gasteiger partial charge is 0.119 e. The Kier molecular flexibility index (Phi) is 6.84. The molecule has 0 spiro atoms. The third-order valence-electron chi connectivity index (χ3n) is 3.32. The number of hydrogen-bond acceptors (Lipinski definition) is 4. The number of aliphatic hydroxyl groups is 1. The standard InChI is InChI=1S/C15H25NO3/c1-3-15(16,12-17)8-5-9-19-14-7-4-6-13(10-14)11-18-2/h4,6-7,10,17H,3,5,8-9,11-12,16H2,1-2H3. The van der Waals surface area contributed by atoms with Crippen molar-refractivity contribution in [2.75, 3.05) is 20.3 Å². The summed E-state index contributed by atoms with van der Waals surface area (Å²) in [5, 5.41) is 9.22. The summed E-state index contributed by atoms with van der Waals surface area (Å²) in [4.78, 5) is 0. The summed E-state index contributed by atoms with van der Waals surface area (Å²) in [7, 11) is 1.67. The number of ether oxygens (including phenoxy) is 2. The van der Waals surface area contributed by atoms with Crippen LogP contribution in [0.4, 0.5) is 0 Å². The van der Waals surface area contributed by atoms with Crippen LogP contribution in [0.2, 0.25) is 0 Å². The highest BCUT2D eigenvalue weighted by molar-refractivity contribution is 5.28. The molecule has 1 atom stereocenters. The molecule has 0 radical (unpaired) electrons. The second-order valence-corrected chi connectivity index (χ2v) is 4.91. The van der Waals surface area contributed by atoms with Crippen LogP contribution in [-0.4, -0.2) is 31.0 Å². The van der Waals surface area contributed by atoms with Crippen LogP contribution in [0.5, 0.6) is 5.75 Å². The molecule has 108 valence electrons. The van der Waals surface area contributed by atoms with E-state index in [0.717, 1.165) is 30.6 Å². The Bertz CT molecular complexity index is 364. The summed E-state index contributed by atoms with van der Waals surface area (Å²) in [6.07, 6.45) is 2.37. The number of nitrogens with two attached hydrogens (primary N) is 1. The molecule has 4 nitrogen and oxygen atoms in total. The van der Waals surface area contributed by atoms with E-state index in [0.29, 0.717) is 13.2 Å². The van der Waals surface area contributed by atoms with Gasteiger partial charge in [-0.2, -0.15) is 0 Å². The normalized spacial score (nSPS) is 14.1. The average molecular weight is 267 g/mol. The zero-order valence-corrected chi connectivity index (χ0v) is 11.9. The first-order valence-electron chi connectivity index (χ1n) is 6.74. The van der Waals surface area contributed by atoms with Crippen molar-refractivity contribution < 1.29 is 14.6 Å². The minimum absolute atomic E-state index is 0.0207. The highest BCUT2D eigenvalue weighted by Crippen LogP contribution is 2.16. The fourth-order valence-electron chi connectivity index (χ4n) is 1.87. The Hall–Kier alpha value is -1.10. The van der Waals surface area contributed by atoms with Gasteiger partial charge in [-0.15, -0.1) is 0 Å². The molecule has 0 aliphatic carbocycles. The number of hydrogen-bond donors (Lipinski definition) is 2. The number of rotatable bonds is 9. The third kappa shape index (κ3) is 5.59. The van der Waals surface area contributed by atoms with E-state index in [2.05, 4.69) is 0 Å². The summed E-state index contributed by atoms with van der Waals surface area (Å²) in [6.45, 7) is 3.21. The van der Waals surface area contributed by atoms with E-state index in [9.17, 15) is 5.11 Å². The molecule has 0 fully saturated rings. The van der Waals surface area contributed by atoms with E-state index >= 15 is 0 Å². The molecule has 1 aromatic carbocycles. The van der Waals surface area contributed by atoms with Crippen LogP contribution < -0.4 is 10.5 Å². The Morgan fingerprint density at radius 2 is 2.16 bits per heavy atom. The fourth-order valence-corrected chi connectivity index (χ4v) is 1.87. The lowest BCUT2D eigenvalue weighted by atomic mass is 9.93. The minimum Gasteiger partial charge on any atom is -0.494 e. The van der Waals surface area contributed by atoms with Crippen molar-refractivity contribution in [3.8, 4) is 5.75 Å². The summed E-state index contributed by atoms with van der Waals surface area (Å²) in [5.41, 5.74) is 6.64. The first-order valence-corrected chi connectivity index (χ1v) is 6.74. The predicted octanol–water partition coefficient (Wildman–Crippen LogP) is 2.09. The second kappa shape index (κ2) is 8.15. The van der Waals surface area contributed by atoms with E-state index < -0.39 is 5.54 Å². The van der Waals surface area contributed by atoms with Crippen LogP contribution in [0.1, 0.15) is 31.7 Å². The second-order valence-electron chi connectivity index (χ2n) is 4.91. The van der Waals surface area contributed by atoms with Crippen LogP contribution in [0.15, 0.2) is 24.3 Å². The summed E-state index contributed by atoms with van der Waals surface area (Å²) < 4.78 is 10.8. The van der Waals surface area contributed by atoms with Crippen molar-refractivity contribution in [2.24, 2.45) is 5.73 Å². The molecule has 0 saturated carbocycles. The van der Waals surface area contributed by atoms with Crippen LogP contribution in [0.25, 0.3) is 0 Å². The van der Waals surface area contributed by atoms with E-state index in [1.807, 2.05) is 31.2 Å². The molecule has 0 aromatic heterocycles. The van der Waals surface area contributed by atoms with Crippen LogP contribution in [0.3, 0.4) is 0 Å². The van der Waals surface area contributed by atoms with Gasteiger partial charge in [0.05, 0.1) is 19.8 Å². The maximum Gasteiger partial charge on any atom is 0.119 e. The molecule has 4 heteroatoms. The number of aliphatic hydroxyl groups excluding tert-OH is 1. The van der Waals surface area contributed by atoms with E-state index in [4.69, 9.17) is 15.2 Å². The summed E-state index contributed by atoms with van der Waals surface area (Å²) >= 11 is 0. The highest BCUT2D eigenvalue weighted by Gasteiger charge is 2.20. The van der Waals surface area contributed by atoms with Crippen LogP contribution >= 0.6 is 0 Å². The van der Waals surface area contributed by atoms with Gasteiger partial charge in [0.2, 0.25) is 0 Å². The highest BCUT2D eigenvalue weighted by atomic mass is 16.5. The minimum atomic E-state index is -0.471. The van der Waals surface area contributed by atoms with Crippen LogP contribution in [-0.2, 0) is 11.3 Å². The maximum atomic E-state index is 9.22. The number of benzene rings is 1. The summed E-state index contributed by atoms with van der Waals surface area (Å²) in [6, 6.07) is 7.87. The quantitative estimate of drug-likeness (QED) is 0.672. The van der Waals surface area contributed by atoms with Gasteiger partial charge in [0.1, 0.15) is 5.75 Å². The lowest BCUT2D eigenvalue weighted by Gasteiger charge is -2.25. The molecule has 19 heavy (non-hydrogen) atoms. The summed E-state index contributed by atoms with van der Waals surface area (Å²) in [5.74, 6) is 0.845. The van der Waals surface area contributed by atoms with Crippen LogP contribution in [0, 0.1) is 0 Å². The Balaban J connectivity index is 2.35. The SMILES string of the molecule is CCC(N)(CO)CCCOc1cccc(COC)c1. The van der Waals surface area contributed by atoms with Gasteiger partial charge < -0.3 is 20.3 Å². The Morgan fingerprint density at radius 3 is 2.79 bits per heavy atom. The van der Waals surface area contributed by atoms with E-state index in [1.165, 1.54) is 0 Å². The van der Waals surface area contributed by atoms with Crippen molar-refractivity contribution in [3.63, 3.8) is 0 Å². The van der Waals surface area contributed by atoms with Crippen molar-refractivity contribution in [1.82, 2.24) is 0 Å². The number of methoxy groups -OCH3 is 1.